The van der Waals surface area contributed by atoms with E-state index in [1.165, 1.54) is 0 Å². The molecule has 0 saturated carbocycles. The molecular weight excluding hydrogens is 414 g/mol. The Kier molecular flexibility index (Phi) is 5.03. The van der Waals surface area contributed by atoms with Crippen LogP contribution in [0, 0.1) is 0 Å². The fraction of sp³-hybridized carbons (Fsp3) is 0.154. The van der Waals surface area contributed by atoms with E-state index in [-0.39, 0.29) is 5.02 Å². The van der Waals surface area contributed by atoms with Crippen molar-refractivity contribution in [1.82, 2.24) is 0 Å². The third kappa shape index (κ3) is 4.12. The molecule has 0 atom stereocenters. The Balaban J connectivity index is 2.49. The Morgan fingerprint density at radius 3 is 2.19 bits per heavy atom. The Morgan fingerprint density at radius 1 is 1.04 bits per heavy atom. The van der Waals surface area contributed by atoms with Crippen LogP contribution in [-0.4, -0.2) is 19.0 Å². The number of benzene rings is 1. The lowest BCUT2D eigenvalue weighted by Gasteiger charge is -2.11. The van der Waals surface area contributed by atoms with Gasteiger partial charge in [-0.1, -0.05) is 16.3 Å². The van der Waals surface area contributed by atoms with Crippen LogP contribution in [0.1, 0.15) is 5.56 Å². The van der Waals surface area contributed by atoms with Gasteiger partial charge in [0.1, 0.15) is 22.0 Å². The molecule has 0 saturated heterocycles. The van der Waals surface area contributed by atoms with E-state index in [2.05, 4.69) is 5.43 Å². The van der Waals surface area contributed by atoms with Crippen LogP contribution in [0.3, 0.4) is 0 Å². The van der Waals surface area contributed by atoms with Gasteiger partial charge >= 0.3 is 11.7 Å². The second-order valence-electron chi connectivity index (χ2n) is 4.89. The molecule has 5 nitrogen and oxygen atoms in total. The molecule has 0 radical (unpaired) electrons. The molecule has 0 spiro atoms. The molecule has 1 aromatic carbocycles. The third-order valence-corrected chi connectivity index (χ3v) is 4.68. The van der Waals surface area contributed by atoms with Crippen molar-refractivity contribution in [2.45, 2.75) is 16.6 Å². The van der Waals surface area contributed by atoms with Crippen LogP contribution in [0.4, 0.5) is 32.0 Å². The molecule has 0 unspecified atom stereocenters. The lowest BCUT2D eigenvalue weighted by molar-refractivity contribution is -0.643. The van der Waals surface area contributed by atoms with E-state index < -0.39 is 43.4 Å². The Morgan fingerprint density at radius 2 is 1.65 bits per heavy atom. The minimum atomic E-state index is -5.71. The number of aromatic nitrogens is 1. The van der Waals surface area contributed by atoms with Crippen molar-refractivity contribution in [2.24, 2.45) is 0 Å². The standard InChI is InChI=1S/C13H7ClF6N2O3S/c14-8-3-7(12(15,16)17)5-22(6-8)21-10-4-9(1-2-11(10)23)26(24,25)13(18,19)20/h1-6,21H/p+1. The van der Waals surface area contributed by atoms with Gasteiger partial charge in [-0.15, -0.1) is 0 Å². The van der Waals surface area contributed by atoms with Crippen LogP contribution >= 0.6 is 11.6 Å². The molecule has 26 heavy (non-hydrogen) atoms. The number of hydrogen-bond donors (Lipinski definition) is 2. The average Bonchev–Trinajstić information content (AvgIpc) is 2.46. The highest BCUT2D eigenvalue weighted by Crippen LogP contribution is 2.34. The van der Waals surface area contributed by atoms with Gasteiger partial charge in [-0.2, -0.15) is 31.8 Å². The number of phenols is 1. The molecule has 0 aliphatic rings. The maximum Gasteiger partial charge on any atom is 0.501 e. The summed E-state index contributed by atoms with van der Waals surface area (Å²) in [6.45, 7) is 0. The van der Waals surface area contributed by atoms with Gasteiger partial charge in [0, 0.05) is 0 Å². The maximum atomic E-state index is 12.8. The number of aromatic hydroxyl groups is 1. The summed E-state index contributed by atoms with van der Waals surface area (Å²) in [5.74, 6) is -0.702. The number of anilines is 1. The largest absolute Gasteiger partial charge is 0.506 e. The Labute approximate surface area is 147 Å². The van der Waals surface area contributed by atoms with Crippen molar-refractivity contribution < 1.29 is 44.5 Å². The predicted octanol–water partition coefficient (Wildman–Crippen LogP) is 3.52. The Bertz CT molecular complexity index is 944. The van der Waals surface area contributed by atoms with Crippen LogP contribution in [0.2, 0.25) is 5.02 Å². The van der Waals surface area contributed by atoms with Crippen molar-refractivity contribution in [2.75, 3.05) is 5.43 Å². The first kappa shape index (κ1) is 20.1. The molecule has 0 bridgehead atoms. The molecule has 0 aliphatic carbocycles. The van der Waals surface area contributed by atoms with Crippen LogP contribution in [-0.2, 0) is 16.0 Å². The molecule has 0 aliphatic heterocycles. The van der Waals surface area contributed by atoms with Crippen molar-refractivity contribution in [3.05, 3.63) is 47.2 Å². The summed E-state index contributed by atoms with van der Waals surface area (Å²) in [4.78, 5) is -1.20. The summed E-state index contributed by atoms with van der Waals surface area (Å²) in [5.41, 5.74) is -5.22. The van der Waals surface area contributed by atoms with Gasteiger partial charge in [0.2, 0.25) is 12.4 Å². The molecule has 13 heteroatoms. The molecule has 2 aromatic rings. The van der Waals surface area contributed by atoms with Crippen LogP contribution < -0.4 is 10.1 Å². The first-order valence-electron chi connectivity index (χ1n) is 6.42. The van der Waals surface area contributed by atoms with Crippen LogP contribution in [0.5, 0.6) is 5.75 Å². The minimum absolute atomic E-state index is 0.370. The summed E-state index contributed by atoms with van der Waals surface area (Å²) >= 11 is 5.56. The van der Waals surface area contributed by atoms with Gasteiger partial charge in [-0.3, -0.25) is 0 Å². The fourth-order valence-electron chi connectivity index (χ4n) is 1.81. The number of nitrogens with zero attached hydrogens (tertiary/aromatic N) is 1. The number of hydrogen-bond acceptors (Lipinski definition) is 4. The van der Waals surface area contributed by atoms with E-state index in [0.29, 0.717) is 35.1 Å². The van der Waals surface area contributed by atoms with Crippen LogP contribution in [0.15, 0.2) is 41.6 Å². The smallest absolute Gasteiger partial charge is 0.501 e. The molecule has 2 rings (SSSR count). The lowest BCUT2D eigenvalue weighted by Crippen LogP contribution is -2.42. The maximum absolute atomic E-state index is 12.8. The van der Waals surface area contributed by atoms with Crippen molar-refractivity contribution in [1.29, 1.82) is 0 Å². The summed E-state index contributed by atoms with van der Waals surface area (Å²) in [6.07, 6.45) is -3.32. The number of halogens is 7. The first-order valence-corrected chi connectivity index (χ1v) is 8.28. The van der Waals surface area contributed by atoms with E-state index in [9.17, 15) is 39.9 Å². The average molecular weight is 422 g/mol. The van der Waals surface area contributed by atoms with Crippen molar-refractivity contribution in [3.63, 3.8) is 0 Å². The number of sulfone groups is 1. The van der Waals surface area contributed by atoms with E-state index >= 15 is 0 Å². The highest BCUT2D eigenvalue weighted by atomic mass is 35.5. The number of phenolic OH excluding ortho intramolecular Hbond substituents is 1. The zero-order valence-electron chi connectivity index (χ0n) is 12.2. The van der Waals surface area contributed by atoms with E-state index in [4.69, 9.17) is 11.6 Å². The summed E-state index contributed by atoms with van der Waals surface area (Å²) < 4.78 is 99.5. The predicted molar refractivity (Wildman–Crippen MR) is 77.0 cm³/mol. The monoisotopic (exact) mass is 421 g/mol. The number of nitrogens with one attached hydrogen (secondary N) is 1. The molecule has 142 valence electrons. The van der Waals surface area contributed by atoms with E-state index in [0.717, 1.165) is 6.20 Å². The van der Waals surface area contributed by atoms with Crippen molar-refractivity contribution in [3.8, 4) is 5.75 Å². The highest BCUT2D eigenvalue weighted by Gasteiger charge is 2.47. The quantitative estimate of drug-likeness (QED) is 0.452. The fourth-order valence-corrected chi connectivity index (χ4v) is 2.82. The molecule has 0 fully saturated rings. The molecule has 1 heterocycles. The summed E-state index contributed by atoms with van der Waals surface area (Å²) in [6, 6.07) is 2.19. The number of rotatable bonds is 3. The van der Waals surface area contributed by atoms with Gasteiger partial charge in [0.25, 0.3) is 9.84 Å². The Hall–Kier alpha value is -2.21. The summed E-state index contributed by atoms with van der Waals surface area (Å²) in [7, 11) is -5.71. The third-order valence-electron chi connectivity index (χ3n) is 2.99. The second kappa shape index (κ2) is 6.50. The van der Waals surface area contributed by atoms with Gasteiger partial charge in [-0.05, 0) is 24.3 Å². The van der Waals surface area contributed by atoms with Gasteiger partial charge in [0.05, 0.1) is 4.90 Å². The number of alkyl halides is 6. The normalized spacial score (nSPS) is 12.9. The van der Waals surface area contributed by atoms with Gasteiger partial charge < -0.3 is 5.11 Å². The van der Waals surface area contributed by atoms with Gasteiger partial charge in [-0.25, -0.2) is 8.42 Å². The van der Waals surface area contributed by atoms with Crippen molar-refractivity contribution >= 4 is 27.1 Å². The first-order chi connectivity index (χ1) is 11.7. The zero-order valence-corrected chi connectivity index (χ0v) is 13.8. The van der Waals surface area contributed by atoms with E-state index in [1.807, 2.05) is 0 Å². The molecular formula is C13H8ClF6N2O3S+. The summed E-state index contributed by atoms with van der Waals surface area (Å²) in [5, 5.41) is 9.29. The molecule has 1 aromatic heterocycles. The van der Waals surface area contributed by atoms with Crippen LogP contribution in [0.25, 0.3) is 0 Å². The second-order valence-corrected chi connectivity index (χ2v) is 7.27. The lowest BCUT2D eigenvalue weighted by atomic mass is 10.3. The highest BCUT2D eigenvalue weighted by molar-refractivity contribution is 7.92. The number of pyridine rings is 1. The van der Waals surface area contributed by atoms with E-state index in [1.54, 1.807) is 0 Å². The molecule has 0 amide bonds. The minimum Gasteiger partial charge on any atom is -0.506 e. The van der Waals surface area contributed by atoms with Gasteiger partial charge in [0.15, 0.2) is 0 Å². The zero-order chi connectivity index (χ0) is 19.9. The topological polar surface area (TPSA) is 70.3 Å². The molecule has 2 N–H and O–H groups in total. The SMILES string of the molecule is O=S(=O)(c1ccc(O)c(N[n+]2cc(Cl)cc(C(F)(F)F)c2)c1)C(F)(F)F.